The highest BCUT2D eigenvalue weighted by molar-refractivity contribution is 5.92. The van der Waals surface area contributed by atoms with Crippen LogP contribution in [0, 0.1) is 0 Å². The van der Waals surface area contributed by atoms with Gasteiger partial charge in [-0.3, -0.25) is 0 Å². The Morgan fingerprint density at radius 3 is 2.00 bits per heavy atom. The number of carboxylic acids is 2. The van der Waals surface area contributed by atoms with Crippen LogP contribution in [0.25, 0.3) is 0 Å². The molecule has 0 saturated carbocycles. The molecule has 0 amide bonds. The van der Waals surface area contributed by atoms with Crippen molar-refractivity contribution in [1.82, 2.24) is 0 Å². The molecule has 0 aliphatic heterocycles. The van der Waals surface area contributed by atoms with Gasteiger partial charge in [-0.2, -0.15) is 0 Å². The molecule has 0 bridgehead atoms. The molecule has 1 rings (SSSR count). The van der Waals surface area contributed by atoms with Crippen LogP contribution < -0.4 is 0 Å². The van der Waals surface area contributed by atoms with E-state index in [4.69, 9.17) is 15.3 Å². The van der Waals surface area contributed by atoms with E-state index in [-0.39, 0.29) is 5.56 Å². The normalized spacial score (nSPS) is 13.4. The number of aliphatic carboxylic acids is 2. The van der Waals surface area contributed by atoms with Gasteiger partial charge in [-0.15, -0.1) is 0 Å². The van der Waals surface area contributed by atoms with Crippen LogP contribution in [-0.4, -0.2) is 45.4 Å². The molecule has 0 fully saturated rings. The summed E-state index contributed by atoms with van der Waals surface area (Å²) < 4.78 is 4.45. The predicted octanol–water partition coefficient (Wildman–Crippen LogP) is -0.258. The molecule has 0 saturated heterocycles. The van der Waals surface area contributed by atoms with Gasteiger partial charge in [0.1, 0.15) is 0 Å². The summed E-state index contributed by atoms with van der Waals surface area (Å²) in [6.07, 6.45) is -4.48. The van der Waals surface area contributed by atoms with Crippen molar-refractivity contribution in [1.29, 1.82) is 0 Å². The Morgan fingerprint density at radius 2 is 1.56 bits per heavy atom. The maximum Gasteiger partial charge on any atom is 0.348 e. The lowest BCUT2D eigenvalue weighted by Crippen LogP contribution is -2.43. The first kappa shape index (κ1) is 13.7. The quantitative estimate of drug-likeness (QED) is 0.619. The van der Waals surface area contributed by atoms with Crippen LogP contribution in [-0.2, 0) is 14.3 Å². The number of esters is 1. The second-order valence-corrected chi connectivity index (χ2v) is 3.31. The lowest BCUT2D eigenvalue weighted by atomic mass is 10.2. The molecule has 1 aromatic carbocycles. The summed E-state index contributed by atoms with van der Waals surface area (Å²) in [7, 11) is 0. The minimum atomic E-state index is -2.32. The Hall–Kier alpha value is -2.41. The first-order chi connectivity index (χ1) is 8.43. The number of carboxylic acid groups (broad SMARTS) is 2. The summed E-state index contributed by atoms with van der Waals surface area (Å²) in [6, 6.07) is 7.43. The number of carbonyl (C=O) groups is 3. The van der Waals surface area contributed by atoms with E-state index < -0.39 is 30.1 Å². The van der Waals surface area contributed by atoms with E-state index in [0.29, 0.717) is 0 Å². The molecule has 18 heavy (non-hydrogen) atoms. The molecule has 3 N–H and O–H groups in total. The highest BCUT2D eigenvalue weighted by atomic mass is 16.6. The molecular formula is C11H10O7. The Morgan fingerprint density at radius 1 is 1.00 bits per heavy atom. The third kappa shape index (κ3) is 3.29. The summed E-state index contributed by atoms with van der Waals surface area (Å²) in [4.78, 5) is 32.7. The van der Waals surface area contributed by atoms with Crippen molar-refractivity contribution < 1.29 is 34.4 Å². The van der Waals surface area contributed by atoms with Crippen molar-refractivity contribution in [3.05, 3.63) is 35.9 Å². The average molecular weight is 254 g/mol. The summed E-state index contributed by atoms with van der Waals surface area (Å²) in [5.41, 5.74) is 0.0568. The Bertz CT molecular complexity index is 454. The third-order valence-electron chi connectivity index (χ3n) is 2.03. The smallest absolute Gasteiger partial charge is 0.348 e. The fourth-order valence-corrected chi connectivity index (χ4v) is 1.14. The lowest BCUT2D eigenvalue weighted by Gasteiger charge is -2.16. The van der Waals surface area contributed by atoms with Crippen molar-refractivity contribution in [3.63, 3.8) is 0 Å². The van der Waals surface area contributed by atoms with Gasteiger partial charge in [0.25, 0.3) is 0 Å². The SMILES string of the molecule is O=C(OC(C(=O)O)[C@@H](O)C(=O)O)c1ccccc1. The second kappa shape index (κ2) is 5.78. The summed E-state index contributed by atoms with van der Waals surface area (Å²) in [5.74, 6) is -4.55. The van der Waals surface area contributed by atoms with Crippen LogP contribution >= 0.6 is 0 Å². The van der Waals surface area contributed by atoms with E-state index in [9.17, 15) is 14.4 Å². The van der Waals surface area contributed by atoms with Crippen molar-refractivity contribution in [2.24, 2.45) is 0 Å². The zero-order valence-electron chi connectivity index (χ0n) is 9.02. The molecule has 2 atom stereocenters. The molecule has 1 unspecified atom stereocenters. The number of aliphatic hydroxyl groups is 1. The average Bonchev–Trinajstić information content (AvgIpc) is 2.35. The number of rotatable bonds is 5. The van der Waals surface area contributed by atoms with Gasteiger partial charge in [0.15, 0.2) is 6.10 Å². The molecule has 0 aliphatic rings. The van der Waals surface area contributed by atoms with E-state index in [1.807, 2.05) is 0 Å². The fraction of sp³-hybridized carbons (Fsp3) is 0.182. The van der Waals surface area contributed by atoms with Gasteiger partial charge in [-0.25, -0.2) is 14.4 Å². The van der Waals surface area contributed by atoms with Crippen molar-refractivity contribution in [2.75, 3.05) is 0 Å². The van der Waals surface area contributed by atoms with Gasteiger partial charge < -0.3 is 20.1 Å². The van der Waals surface area contributed by atoms with Crippen LogP contribution in [0.5, 0.6) is 0 Å². The van der Waals surface area contributed by atoms with Gasteiger partial charge in [-0.05, 0) is 12.1 Å². The fourth-order valence-electron chi connectivity index (χ4n) is 1.14. The molecule has 96 valence electrons. The van der Waals surface area contributed by atoms with E-state index in [1.54, 1.807) is 6.07 Å². The first-order valence-electron chi connectivity index (χ1n) is 4.83. The molecule has 0 aromatic heterocycles. The molecule has 1 aromatic rings. The number of carbonyl (C=O) groups excluding carboxylic acids is 1. The first-order valence-corrected chi connectivity index (χ1v) is 4.83. The molecule has 0 aliphatic carbocycles. The minimum absolute atomic E-state index is 0.0568. The Balaban J connectivity index is 2.83. The topological polar surface area (TPSA) is 121 Å². The highest BCUT2D eigenvalue weighted by Crippen LogP contribution is 2.07. The van der Waals surface area contributed by atoms with E-state index in [0.717, 1.165) is 0 Å². The molecule has 0 heterocycles. The van der Waals surface area contributed by atoms with E-state index in [2.05, 4.69) is 4.74 Å². The molecule has 7 nitrogen and oxygen atoms in total. The van der Waals surface area contributed by atoms with E-state index in [1.165, 1.54) is 24.3 Å². The van der Waals surface area contributed by atoms with Crippen LogP contribution in [0.1, 0.15) is 10.4 Å². The maximum absolute atomic E-state index is 11.5. The Labute approximate surface area is 101 Å². The zero-order valence-corrected chi connectivity index (χ0v) is 9.02. The maximum atomic E-state index is 11.5. The zero-order chi connectivity index (χ0) is 13.7. The number of hydrogen-bond donors (Lipinski definition) is 3. The molecular weight excluding hydrogens is 244 g/mol. The van der Waals surface area contributed by atoms with Gasteiger partial charge >= 0.3 is 17.9 Å². The van der Waals surface area contributed by atoms with Crippen LogP contribution in [0.2, 0.25) is 0 Å². The largest absolute Gasteiger partial charge is 0.479 e. The highest BCUT2D eigenvalue weighted by Gasteiger charge is 2.35. The Kier molecular flexibility index (Phi) is 4.39. The number of benzene rings is 1. The minimum Gasteiger partial charge on any atom is -0.479 e. The van der Waals surface area contributed by atoms with E-state index >= 15 is 0 Å². The number of hydrogen-bond acceptors (Lipinski definition) is 5. The summed E-state index contributed by atoms with van der Waals surface area (Å²) in [5, 5.41) is 26.3. The van der Waals surface area contributed by atoms with Crippen molar-refractivity contribution in [2.45, 2.75) is 12.2 Å². The number of aliphatic hydroxyl groups excluding tert-OH is 1. The van der Waals surface area contributed by atoms with Crippen molar-refractivity contribution in [3.8, 4) is 0 Å². The van der Waals surface area contributed by atoms with Crippen molar-refractivity contribution >= 4 is 17.9 Å². The third-order valence-corrected chi connectivity index (χ3v) is 2.03. The van der Waals surface area contributed by atoms with Gasteiger partial charge in [-0.1, -0.05) is 18.2 Å². The molecule has 0 radical (unpaired) electrons. The standard InChI is InChI=1S/C11H10O7/c12-7(9(13)14)8(10(15)16)18-11(17)6-4-2-1-3-5-6/h1-5,7-8,12H,(H,13,14)(H,15,16)/t7-,8?/m1/s1. The summed E-state index contributed by atoms with van der Waals surface area (Å²) in [6.45, 7) is 0. The number of ether oxygens (including phenoxy) is 1. The van der Waals surface area contributed by atoms with Crippen LogP contribution in [0.3, 0.4) is 0 Å². The van der Waals surface area contributed by atoms with Crippen LogP contribution in [0.4, 0.5) is 0 Å². The van der Waals surface area contributed by atoms with Gasteiger partial charge in [0.05, 0.1) is 5.56 Å². The predicted molar refractivity (Wildman–Crippen MR) is 56.9 cm³/mol. The van der Waals surface area contributed by atoms with Crippen LogP contribution in [0.15, 0.2) is 30.3 Å². The lowest BCUT2D eigenvalue weighted by molar-refractivity contribution is -0.166. The van der Waals surface area contributed by atoms with Gasteiger partial charge in [0, 0.05) is 0 Å². The molecule has 0 spiro atoms. The van der Waals surface area contributed by atoms with Gasteiger partial charge in [0.2, 0.25) is 6.10 Å². The molecule has 7 heteroatoms. The summed E-state index contributed by atoms with van der Waals surface area (Å²) >= 11 is 0. The monoisotopic (exact) mass is 254 g/mol. The second-order valence-electron chi connectivity index (χ2n) is 3.31.